The molecule has 0 spiro atoms. The van der Waals surface area contributed by atoms with E-state index in [0.29, 0.717) is 16.6 Å². The predicted octanol–water partition coefficient (Wildman–Crippen LogP) is 6.71. The highest BCUT2D eigenvalue weighted by Crippen LogP contribution is 2.43. The third kappa shape index (κ3) is 6.30. The smallest absolute Gasteiger partial charge is 0.201 e. The molecule has 0 radical (unpaired) electrons. The Balaban J connectivity index is 4.78. The standard InChI is InChI=1S/C20H38OSi/c1-9-11-12-13-14-15-16-20(10-2)21-22(17(3)4,18(5)6)19(7)8/h10,17-20H,2,9,11-12,15-16H2,1,3-8H3. The monoisotopic (exact) mass is 322 g/mol. The lowest BCUT2D eigenvalue weighted by molar-refractivity contribution is 0.209. The molecule has 2 heteroatoms. The number of hydrogen-bond acceptors (Lipinski definition) is 1. The second-order valence-corrected chi connectivity index (χ2v) is 12.6. The highest BCUT2D eigenvalue weighted by atomic mass is 28.4. The first-order valence-corrected chi connectivity index (χ1v) is 11.2. The summed E-state index contributed by atoms with van der Waals surface area (Å²) in [5.41, 5.74) is 1.85. The molecule has 0 fully saturated rings. The summed E-state index contributed by atoms with van der Waals surface area (Å²) in [6.45, 7) is 20.2. The van der Waals surface area contributed by atoms with Crippen molar-refractivity contribution in [3.63, 3.8) is 0 Å². The topological polar surface area (TPSA) is 9.23 Å². The van der Waals surface area contributed by atoms with E-state index in [1.165, 1.54) is 12.8 Å². The Kier molecular flexibility index (Phi) is 10.8. The molecule has 0 aliphatic heterocycles. The molecule has 0 aliphatic rings. The van der Waals surface area contributed by atoms with Gasteiger partial charge in [-0.3, -0.25) is 0 Å². The van der Waals surface area contributed by atoms with Gasteiger partial charge in [0.15, 0.2) is 0 Å². The van der Waals surface area contributed by atoms with Crippen LogP contribution in [0.3, 0.4) is 0 Å². The molecule has 0 heterocycles. The number of unbranched alkanes of at least 4 members (excludes halogenated alkanes) is 2. The molecular weight excluding hydrogens is 284 g/mol. The van der Waals surface area contributed by atoms with Crippen LogP contribution < -0.4 is 0 Å². The molecule has 0 amide bonds. The third-order valence-corrected chi connectivity index (χ3v) is 10.8. The maximum Gasteiger partial charge on any atom is 0.201 e. The zero-order valence-electron chi connectivity index (χ0n) is 16.0. The van der Waals surface area contributed by atoms with Gasteiger partial charge < -0.3 is 4.43 Å². The van der Waals surface area contributed by atoms with Crippen LogP contribution in [0.4, 0.5) is 0 Å². The second-order valence-electron chi connectivity index (χ2n) is 7.21. The molecule has 0 saturated heterocycles. The van der Waals surface area contributed by atoms with Crippen LogP contribution in [-0.2, 0) is 4.43 Å². The van der Waals surface area contributed by atoms with E-state index >= 15 is 0 Å². The Morgan fingerprint density at radius 1 is 0.955 bits per heavy atom. The van der Waals surface area contributed by atoms with Gasteiger partial charge >= 0.3 is 0 Å². The van der Waals surface area contributed by atoms with Crippen molar-refractivity contribution in [1.29, 1.82) is 0 Å². The van der Waals surface area contributed by atoms with Crippen LogP contribution in [0.5, 0.6) is 0 Å². The first-order valence-electron chi connectivity index (χ1n) is 9.08. The molecule has 0 bridgehead atoms. The Hall–Kier alpha value is -0.523. The maximum atomic E-state index is 6.75. The van der Waals surface area contributed by atoms with Gasteiger partial charge in [0, 0.05) is 12.8 Å². The van der Waals surface area contributed by atoms with Gasteiger partial charge in [-0.15, -0.1) is 18.4 Å². The van der Waals surface area contributed by atoms with E-state index in [9.17, 15) is 0 Å². The second kappa shape index (κ2) is 11.1. The summed E-state index contributed by atoms with van der Waals surface area (Å²) in [4.78, 5) is 0. The van der Waals surface area contributed by atoms with Gasteiger partial charge in [-0.05, 0) is 29.5 Å². The van der Waals surface area contributed by atoms with Crippen LogP contribution in [0.1, 0.15) is 80.6 Å². The fourth-order valence-electron chi connectivity index (χ4n) is 3.55. The molecule has 1 atom stereocenters. The maximum absolute atomic E-state index is 6.75. The summed E-state index contributed by atoms with van der Waals surface area (Å²) >= 11 is 0. The molecule has 128 valence electrons. The van der Waals surface area contributed by atoms with Crippen LogP contribution in [-0.4, -0.2) is 14.4 Å². The zero-order valence-corrected chi connectivity index (χ0v) is 17.0. The van der Waals surface area contributed by atoms with Crippen LogP contribution in [0.25, 0.3) is 0 Å². The molecule has 0 saturated carbocycles. The van der Waals surface area contributed by atoms with Crippen molar-refractivity contribution in [2.24, 2.45) is 0 Å². The minimum Gasteiger partial charge on any atom is -0.410 e. The summed E-state index contributed by atoms with van der Waals surface area (Å²) in [5, 5.41) is 0. The van der Waals surface area contributed by atoms with Crippen LogP contribution in [0, 0.1) is 11.8 Å². The Bertz CT molecular complexity index is 338. The molecule has 0 N–H and O–H groups in total. The van der Waals surface area contributed by atoms with Crippen LogP contribution >= 0.6 is 0 Å². The first-order chi connectivity index (χ1) is 10.3. The molecule has 0 aromatic heterocycles. The van der Waals surface area contributed by atoms with E-state index in [-0.39, 0.29) is 6.10 Å². The van der Waals surface area contributed by atoms with Crippen LogP contribution in [0.2, 0.25) is 16.6 Å². The Morgan fingerprint density at radius 3 is 1.86 bits per heavy atom. The molecule has 1 nitrogen and oxygen atoms in total. The lowest BCUT2D eigenvalue weighted by atomic mass is 10.2. The van der Waals surface area contributed by atoms with E-state index in [1.54, 1.807) is 0 Å². The van der Waals surface area contributed by atoms with Crippen molar-refractivity contribution in [2.75, 3.05) is 0 Å². The quantitative estimate of drug-likeness (QED) is 0.188. The molecule has 0 aromatic carbocycles. The molecule has 1 unspecified atom stereocenters. The van der Waals surface area contributed by atoms with Crippen molar-refractivity contribution < 1.29 is 4.43 Å². The minimum atomic E-state index is -1.81. The van der Waals surface area contributed by atoms with E-state index in [2.05, 4.69) is 66.9 Å². The summed E-state index contributed by atoms with van der Waals surface area (Å²) < 4.78 is 6.75. The lowest BCUT2D eigenvalue weighted by Gasteiger charge is -2.44. The third-order valence-electron chi connectivity index (χ3n) is 4.66. The predicted molar refractivity (Wildman–Crippen MR) is 103 cm³/mol. The van der Waals surface area contributed by atoms with Crippen LogP contribution in [0.15, 0.2) is 12.7 Å². The molecule has 0 rings (SSSR count). The van der Waals surface area contributed by atoms with Gasteiger partial charge in [0.1, 0.15) is 0 Å². The average Bonchev–Trinajstić information content (AvgIpc) is 2.44. The highest BCUT2D eigenvalue weighted by Gasteiger charge is 2.46. The Morgan fingerprint density at radius 2 is 1.45 bits per heavy atom. The molecule has 0 aliphatic carbocycles. The summed E-state index contributed by atoms with van der Waals surface area (Å²) in [5.74, 6) is 6.56. The van der Waals surface area contributed by atoms with Crippen molar-refractivity contribution in [1.82, 2.24) is 0 Å². The van der Waals surface area contributed by atoms with Gasteiger partial charge in [0.25, 0.3) is 0 Å². The van der Waals surface area contributed by atoms with Crippen molar-refractivity contribution in [2.45, 2.75) is 103 Å². The molecule has 0 aromatic rings. The fraction of sp³-hybridized carbons (Fsp3) is 0.800. The lowest BCUT2D eigenvalue weighted by Crippen LogP contribution is -2.49. The molecular formula is C20H38OSi. The SMILES string of the molecule is C=CC(CCC#CCCCC)O[Si](C(C)C)(C(C)C)C(C)C. The highest BCUT2D eigenvalue weighted by molar-refractivity contribution is 6.77. The van der Waals surface area contributed by atoms with E-state index < -0.39 is 8.32 Å². The van der Waals surface area contributed by atoms with E-state index in [0.717, 1.165) is 19.3 Å². The minimum absolute atomic E-state index is 0.152. The van der Waals surface area contributed by atoms with Crippen molar-refractivity contribution >= 4 is 8.32 Å². The molecule has 22 heavy (non-hydrogen) atoms. The average molecular weight is 323 g/mol. The first kappa shape index (κ1) is 21.5. The summed E-state index contributed by atoms with van der Waals surface area (Å²) in [6.07, 6.45) is 7.49. The van der Waals surface area contributed by atoms with Crippen molar-refractivity contribution in [3.05, 3.63) is 12.7 Å². The van der Waals surface area contributed by atoms with Crippen molar-refractivity contribution in [3.8, 4) is 11.8 Å². The summed E-state index contributed by atoms with van der Waals surface area (Å²) in [7, 11) is -1.81. The van der Waals surface area contributed by atoms with Gasteiger partial charge in [-0.1, -0.05) is 61.0 Å². The van der Waals surface area contributed by atoms with Gasteiger partial charge in [0.05, 0.1) is 6.10 Å². The van der Waals surface area contributed by atoms with Gasteiger partial charge in [-0.2, -0.15) is 0 Å². The number of hydrogen-bond donors (Lipinski definition) is 0. The largest absolute Gasteiger partial charge is 0.410 e. The zero-order chi connectivity index (χ0) is 17.2. The fourth-order valence-corrected chi connectivity index (χ4v) is 9.11. The van der Waals surface area contributed by atoms with Gasteiger partial charge in [-0.25, -0.2) is 0 Å². The summed E-state index contributed by atoms with van der Waals surface area (Å²) in [6, 6.07) is 0. The Labute approximate surface area is 141 Å². The van der Waals surface area contributed by atoms with E-state index in [1.807, 2.05) is 6.08 Å². The number of rotatable bonds is 10. The van der Waals surface area contributed by atoms with E-state index in [4.69, 9.17) is 4.43 Å². The van der Waals surface area contributed by atoms with Gasteiger partial charge in [0.2, 0.25) is 8.32 Å². The normalized spacial score (nSPS) is 13.4.